The molecule has 0 atom stereocenters. The molecule has 28 heavy (non-hydrogen) atoms. The highest BCUT2D eigenvalue weighted by molar-refractivity contribution is 5.68. The molecule has 0 bridgehead atoms. The lowest BCUT2D eigenvalue weighted by Crippen LogP contribution is -2.31. The summed E-state index contributed by atoms with van der Waals surface area (Å²) in [7, 11) is 0. The molecule has 1 aromatic heterocycles. The van der Waals surface area contributed by atoms with Gasteiger partial charge in [0.25, 0.3) is 0 Å². The van der Waals surface area contributed by atoms with Crippen LogP contribution < -0.4 is 5.32 Å². The third-order valence-electron chi connectivity index (χ3n) is 5.32. The summed E-state index contributed by atoms with van der Waals surface area (Å²) in [6.07, 6.45) is 5.37. The number of hydrogen-bond donors (Lipinski definition) is 2. The second kappa shape index (κ2) is 8.02. The Labute approximate surface area is 162 Å². The van der Waals surface area contributed by atoms with Gasteiger partial charge in [0.1, 0.15) is 18.0 Å². The normalized spacial score (nSPS) is 15.1. The molecular formula is C22H22F2N4. The van der Waals surface area contributed by atoms with Crippen molar-refractivity contribution >= 4 is 0 Å². The SMILES string of the molecule is C=C1CCC(NCc2c(F)ccc(-c3ccc(-c4nc[nH]n4)cc3)c2F)CC1. The first kappa shape index (κ1) is 18.5. The highest BCUT2D eigenvalue weighted by Gasteiger charge is 2.19. The van der Waals surface area contributed by atoms with E-state index in [1.54, 1.807) is 12.1 Å². The minimum atomic E-state index is -0.522. The van der Waals surface area contributed by atoms with Crippen LogP contribution in [-0.2, 0) is 6.54 Å². The molecule has 0 radical (unpaired) electrons. The van der Waals surface area contributed by atoms with E-state index in [0.29, 0.717) is 17.0 Å². The lowest BCUT2D eigenvalue weighted by Gasteiger charge is -2.24. The fraction of sp³-hybridized carbons (Fsp3) is 0.273. The second-order valence-electron chi connectivity index (χ2n) is 7.19. The Hall–Kier alpha value is -2.86. The number of aromatic amines is 1. The molecule has 1 saturated carbocycles. The standard InChI is InChI=1S/C22H22F2N4/c1-14-2-8-17(9-3-14)25-12-19-20(23)11-10-18(21(19)24)15-4-6-16(7-5-15)22-26-13-27-28-22/h4-7,10-11,13,17,25H,1-3,8-9,12H2,(H,26,27,28). The van der Waals surface area contributed by atoms with Gasteiger partial charge in [0.2, 0.25) is 0 Å². The number of rotatable bonds is 5. The van der Waals surface area contributed by atoms with E-state index in [1.807, 2.05) is 12.1 Å². The van der Waals surface area contributed by atoms with Crippen molar-refractivity contribution in [1.82, 2.24) is 20.5 Å². The third-order valence-corrected chi connectivity index (χ3v) is 5.32. The van der Waals surface area contributed by atoms with Gasteiger partial charge in [-0.05, 0) is 43.4 Å². The Morgan fingerprint density at radius 3 is 2.43 bits per heavy atom. The summed E-state index contributed by atoms with van der Waals surface area (Å²) in [5.41, 5.74) is 3.24. The predicted octanol–water partition coefficient (Wildman–Crippen LogP) is 5.01. The smallest absolute Gasteiger partial charge is 0.180 e. The van der Waals surface area contributed by atoms with Crippen molar-refractivity contribution in [3.63, 3.8) is 0 Å². The number of benzene rings is 2. The molecular weight excluding hydrogens is 358 g/mol. The molecule has 0 unspecified atom stereocenters. The number of halogens is 2. The van der Waals surface area contributed by atoms with Gasteiger partial charge < -0.3 is 5.32 Å². The van der Waals surface area contributed by atoms with Gasteiger partial charge in [0.05, 0.1) is 0 Å². The summed E-state index contributed by atoms with van der Waals surface area (Å²) >= 11 is 0. The largest absolute Gasteiger partial charge is 0.310 e. The first-order valence-electron chi connectivity index (χ1n) is 9.45. The highest BCUT2D eigenvalue weighted by Crippen LogP contribution is 2.29. The summed E-state index contributed by atoms with van der Waals surface area (Å²) in [4.78, 5) is 4.10. The minimum absolute atomic E-state index is 0.0833. The molecule has 4 rings (SSSR count). The molecule has 0 spiro atoms. The quantitative estimate of drug-likeness (QED) is 0.612. The van der Waals surface area contributed by atoms with Crippen LogP contribution in [0.15, 0.2) is 54.9 Å². The summed E-state index contributed by atoms with van der Waals surface area (Å²) in [6.45, 7) is 4.18. The number of hydrogen-bond acceptors (Lipinski definition) is 3. The zero-order chi connectivity index (χ0) is 19.5. The molecule has 3 aromatic rings. The van der Waals surface area contributed by atoms with E-state index in [2.05, 4.69) is 27.1 Å². The minimum Gasteiger partial charge on any atom is -0.310 e. The van der Waals surface area contributed by atoms with Crippen molar-refractivity contribution in [2.45, 2.75) is 38.3 Å². The summed E-state index contributed by atoms with van der Waals surface area (Å²) in [5.74, 6) is -0.462. The molecule has 1 aliphatic rings. The number of H-pyrrole nitrogens is 1. The average molecular weight is 380 g/mol. The highest BCUT2D eigenvalue weighted by atomic mass is 19.1. The zero-order valence-corrected chi connectivity index (χ0v) is 15.5. The van der Waals surface area contributed by atoms with Gasteiger partial charge in [-0.1, -0.05) is 36.4 Å². The van der Waals surface area contributed by atoms with Crippen LogP contribution in [0, 0.1) is 11.6 Å². The monoisotopic (exact) mass is 380 g/mol. The molecule has 1 aliphatic carbocycles. The maximum atomic E-state index is 15.1. The number of nitrogens with zero attached hydrogens (tertiary/aromatic N) is 2. The molecule has 2 N–H and O–H groups in total. The second-order valence-corrected chi connectivity index (χ2v) is 7.19. The molecule has 0 saturated heterocycles. The van der Waals surface area contributed by atoms with E-state index in [0.717, 1.165) is 31.2 Å². The number of nitrogens with one attached hydrogen (secondary N) is 2. The third kappa shape index (κ3) is 3.87. The van der Waals surface area contributed by atoms with Crippen LogP contribution in [0.5, 0.6) is 0 Å². The van der Waals surface area contributed by atoms with Crippen molar-refractivity contribution in [2.24, 2.45) is 0 Å². The Kier molecular flexibility index (Phi) is 5.30. The van der Waals surface area contributed by atoms with E-state index in [4.69, 9.17) is 0 Å². The Balaban J connectivity index is 1.53. The number of allylic oxidation sites excluding steroid dienone is 1. The van der Waals surface area contributed by atoms with Gasteiger partial charge in [-0.3, -0.25) is 5.10 Å². The lowest BCUT2D eigenvalue weighted by molar-refractivity contribution is 0.408. The van der Waals surface area contributed by atoms with E-state index in [1.165, 1.54) is 24.0 Å². The summed E-state index contributed by atoms with van der Waals surface area (Å²) < 4.78 is 29.4. The fourth-order valence-electron chi connectivity index (χ4n) is 3.61. The van der Waals surface area contributed by atoms with E-state index >= 15 is 4.39 Å². The Morgan fingerprint density at radius 2 is 1.75 bits per heavy atom. The van der Waals surface area contributed by atoms with Gasteiger partial charge in [-0.2, -0.15) is 5.10 Å². The van der Waals surface area contributed by atoms with Crippen LogP contribution in [0.3, 0.4) is 0 Å². The molecule has 4 nitrogen and oxygen atoms in total. The Morgan fingerprint density at radius 1 is 1.04 bits per heavy atom. The molecule has 144 valence electrons. The van der Waals surface area contributed by atoms with Crippen LogP contribution in [0.1, 0.15) is 31.2 Å². The molecule has 1 heterocycles. The maximum Gasteiger partial charge on any atom is 0.180 e. The number of aromatic nitrogens is 3. The van der Waals surface area contributed by atoms with Crippen molar-refractivity contribution in [3.05, 3.63) is 72.1 Å². The average Bonchev–Trinajstić information content (AvgIpc) is 3.24. The van der Waals surface area contributed by atoms with Gasteiger partial charge in [0, 0.05) is 29.3 Å². The molecule has 1 fully saturated rings. The molecule has 0 amide bonds. The van der Waals surface area contributed by atoms with Crippen LogP contribution in [0.2, 0.25) is 0 Å². The molecule has 6 heteroatoms. The molecule has 0 aliphatic heterocycles. The van der Waals surface area contributed by atoms with Crippen molar-refractivity contribution in [1.29, 1.82) is 0 Å². The first-order chi connectivity index (χ1) is 13.6. The van der Waals surface area contributed by atoms with Crippen molar-refractivity contribution in [3.8, 4) is 22.5 Å². The first-order valence-corrected chi connectivity index (χ1v) is 9.45. The van der Waals surface area contributed by atoms with E-state index in [-0.39, 0.29) is 18.2 Å². The molecule has 2 aromatic carbocycles. The van der Waals surface area contributed by atoms with Gasteiger partial charge in [0.15, 0.2) is 5.82 Å². The topological polar surface area (TPSA) is 53.6 Å². The van der Waals surface area contributed by atoms with Crippen LogP contribution in [0.25, 0.3) is 22.5 Å². The van der Waals surface area contributed by atoms with Gasteiger partial charge in [-0.15, -0.1) is 0 Å². The van der Waals surface area contributed by atoms with Crippen LogP contribution in [0.4, 0.5) is 8.78 Å². The summed E-state index contributed by atoms with van der Waals surface area (Å²) in [5, 5.41) is 10.0. The predicted molar refractivity (Wildman–Crippen MR) is 105 cm³/mol. The lowest BCUT2D eigenvalue weighted by atomic mass is 9.91. The Bertz CT molecular complexity index is 955. The van der Waals surface area contributed by atoms with E-state index in [9.17, 15) is 4.39 Å². The fourth-order valence-corrected chi connectivity index (χ4v) is 3.61. The van der Waals surface area contributed by atoms with Gasteiger partial charge in [-0.25, -0.2) is 13.8 Å². The van der Waals surface area contributed by atoms with Crippen LogP contribution in [-0.4, -0.2) is 21.2 Å². The van der Waals surface area contributed by atoms with Crippen LogP contribution >= 0.6 is 0 Å². The van der Waals surface area contributed by atoms with E-state index < -0.39 is 11.6 Å². The van der Waals surface area contributed by atoms with Crippen molar-refractivity contribution in [2.75, 3.05) is 0 Å². The maximum absolute atomic E-state index is 15.1. The van der Waals surface area contributed by atoms with Gasteiger partial charge >= 0.3 is 0 Å². The summed E-state index contributed by atoms with van der Waals surface area (Å²) in [6, 6.07) is 10.3. The zero-order valence-electron chi connectivity index (χ0n) is 15.5. The van der Waals surface area contributed by atoms with Crippen molar-refractivity contribution < 1.29 is 8.78 Å².